The van der Waals surface area contributed by atoms with Crippen molar-refractivity contribution in [3.05, 3.63) is 90.7 Å². The van der Waals surface area contributed by atoms with Crippen LogP contribution in [0.25, 0.3) is 5.69 Å². The zero-order chi connectivity index (χ0) is 18.9. The van der Waals surface area contributed by atoms with Gasteiger partial charge in [-0.25, -0.2) is 4.79 Å². The maximum atomic E-state index is 11.9. The summed E-state index contributed by atoms with van der Waals surface area (Å²) in [5.41, 5.74) is -0.169. The second-order valence-corrected chi connectivity index (χ2v) is 6.70. The van der Waals surface area contributed by atoms with Gasteiger partial charge in [-0.1, -0.05) is 53.0 Å². The van der Waals surface area contributed by atoms with Crippen LogP contribution in [0.1, 0.15) is 11.1 Å². The van der Waals surface area contributed by atoms with Gasteiger partial charge in [0.2, 0.25) is 0 Å². The quantitative estimate of drug-likeness (QED) is 0.675. The maximum Gasteiger partial charge on any atom is 0.349 e. The minimum absolute atomic E-state index is 0.161. The number of aromatic amines is 1. The molecule has 6 nitrogen and oxygen atoms in total. The summed E-state index contributed by atoms with van der Waals surface area (Å²) in [4.78, 5) is 23.5. The SMILES string of the molecule is N#CC(Cl)(c1ccc(Cl)cc1)c1ccc(-n2ncc(=O)[nH]c2=O)cc1Cl. The van der Waals surface area contributed by atoms with E-state index in [0.29, 0.717) is 21.8 Å². The molecule has 0 spiro atoms. The molecule has 1 atom stereocenters. The largest absolute Gasteiger partial charge is 0.349 e. The fourth-order valence-electron chi connectivity index (χ4n) is 2.41. The van der Waals surface area contributed by atoms with Crippen LogP contribution in [0.3, 0.4) is 0 Å². The molecule has 0 radical (unpaired) electrons. The van der Waals surface area contributed by atoms with Crippen LogP contribution in [-0.2, 0) is 4.87 Å². The molecule has 3 aromatic rings. The summed E-state index contributed by atoms with van der Waals surface area (Å²) >= 11 is 18.8. The molecule has 0 saturated carbocycles. The van der Waals surface area contributed by atoms with E-state index in [2.05, 4.69) is 16.2 Å². The zero-order valence-electron chi connectivity index (χ0n) is 12.9. The van der Waals surface area contributed by atoms with Gasteiger partial charge < -0.3 is 0 Å². The lowest BCUT2D eigenvalue weighted by molar-refractivity contribution is 0.749. The van der Waals surface area contributed by atoms with Crippen LogP contribution in [0.15, 0.2) is 58.3 Å². The normalized spacial score (nSPS) is 13.0. The van der Waals surface area contributed by atoms with Crippen LogP contribution in [0.2, 0.25) is 10.0 Å². The van der Waals surface area contributed by atoms with Gasteiger partial charge in [0.15, 0.2) is 4.87 Å². The molecule has 0 bridgehead atoms. The van der Waals surface area contributed by atoms with Gasteiger partial charge in [0.25, 0.3) is 5.56 Å². The topological polar surface area (TPSA) is 91.5 Å². The van der Waals surface area contributed by atoms with E-state index in [9.17, 15) is 14.9 Å². The number of halogens is 3. The van der Waals surface area contributed by atoms with E-state index >= 15 is 0 Å². The molecule has 26 heavy (non-hydrogen) atoms. The third-order valence-corrected chi connectivity index (χ3v) is 4.75. The average molecular weight is 408 g/mol. The monoisotopic (exact) mass is 406 g/mol. The van der Waals surface area contributed by atoms with Crippen molar-refractivity contribution in [1.82, 2.24) is 14.8 Å². The molecule has 0 amide bonds. The van der Waals surface area contributed by atoms with Gasteiger partial charge in [0, 0.05) is 15.6 Å². The smallest absolute Gasteiger partial charge is 0.271 e. The molecule has 1 heterocycles. The van der Waals surface area contributed by atoms with Crippen molar-refractivity contribution in [2.24, 2.45) is 0 Å². The molecule has 1 aromatic heterocycles. The van der Waals surface area contributed by atoms with Gasteiger partial charge in [-0.15, -0.1) is 0 Å². The predicted octanol–water partition coefficient (Wildman–Crippen LogP) is 3.23. The van der Waals surface area contributed by atoms with E-state index in [1.807, 2.05) is 0 Å². The first-order valence-electron chi connectivity index (χ1n) is 7.20. The number of H-pyrrole nitrogens is 1. The Labute approximate surface area is 162 Å². The van der Waals surface area contributed by atoms with Crippen molar-refractivity contribution in [1.29, 1.82) is 5.26 Å². The van der Waals surface area contributed by atoms with Gasteiger partial charge in [0.05, 0.1) is 11.8 Å². The van der Waals surface area contributed by atoms with E-state index in [0.717, 1.165) is 10.9 Å². The maximum absolute atomic E-state index is 11.9. The van der Waals surface area contributed by atoms with Gasteiger partial charge in [-0.2, -0.15) is 15.0 Å². The summed E-state index contributed by atoms with van der Waals surface area (Å²) in [6, 6.07) is 13.1. The molecular weight excluding hydrogens is 399 g/mol. The Morgan fingerprint density at radius 1 is 1.12 bits per heavy atom. The molecule has 0 fully saturated rings. The van der Waals surface area contributed by atoms with Crippen molar-refractivity contribution < 1.29 is 0 Å². The number of benzene rings is 2. The predicted molar refractivity (Wildman–Crippen MR) is 99.2 cm³/mol. The Morgan fingerprint density at radius 2 is 1.81 bits per heavy atom. The molecule has 0 aliphatic rings. The van der Waals surface area contributed by atoms with Gasteiger partial charge in [-0.3, -0.25) is 9.78 Å². The van der Waals surface area contributed by atoms with Crippen LogP contribution >= 0.6 is 34.8 Å². The van der Waals surface area contributed by atoms with Crippen LogP contribution in [0.5, 0.6) is 0 Å². The number of hydrogen-bond donors (Lipinski definition) is 1. The Bertz CT molecular complexity index is 1130. The van der Waals surface area contributed by atoms with Crippen LogP contribution < -0.4 is 11.2 Å². The van der Waals surface area contributed by atoms with Crippen molar-refractivity contribution >= 4 is 34.8 Å². The fourth-order valence-corrected chi connectivity index (χ4v) is 3.19. The highest BCUT2D eigenvalue weighted by Crippen LogP contribution is 2.40. The number of alkyl halides is 1. The summed E-state index contributed by atoms with van der Waals surface area (Å²) in [5.74, 6) is 0. The van der Waals surface area contributed by atoms with Crippen molar-refractivity contribution in [3.63, 3.8) is 0 Å². The molecule has 1 unspecified atom stereocenters. The molecule has 9 heteroatoms. The van der Waals surface area contributed by atoms with Crippen molar-refractivity contribution in [2.75, 3.05) is 0 Å². The lowest BCUT2D eigenvalue weighted by Crippen LogP contribution is -2.30. The molecule has 0 saturated heterocycles. The summed E-state index contributed by atoms with van der Waals surface area (Å²) in [6.07, 6.45) is 0.970. The summed E-state index contributed by atoms with van der Waals surface area (Å²) in [6.45, 7) is 0. The first-order valence-corrected chi connectivity index (χ1v) is 8.34. The molecule has 3 rings (SSSR count). The highest BCUT2D eigenvalue weighted by molar-refractivity contribution is 6.35. The lowest BCUT2D eigenvalue weighted by atomic mass is 9.91. The average Bonchev–Trinajstić information content (AvgIpc) is 2.61. The van der Waals surface area contributed by atoms with E-state index in [4.69, 9.17) is 34.8 Å². The number of nitrogens with zero attached hydrogens (tertiary/aromatic N) is 3. The number of nitrogens with one attached hydrogen (secondary N) is 1. The summed E-state index contributed by atoms with van der Waals surface area (Å²) < 4.78 is 0.974. The number of rotatable bonds is 3. The van der Waals surface area contributed by atoms with Gasteiger partial charge >= 0.3 is 5.69 Å². The van der Waals surface area contributed by atoms with E-state index < -0.39 is 16.1 Å². The Balaban J connectivity index is 2.12. The van der Waals surface area contributed by atoms with Crippen LogP contribution in [0.4, 0.5) is 0 Å². The minimum Gasteiger partial charge on any atom is -0.271 e. The molecular formula is C17H9Cl3N4O2. The third-order valence-electron chi connectivity index (χ3n) is 3.68. The highest BCUT2D eigenvalue weighted by Gasteiger charge is 2.34. The highest BCUT2D eigenvalue weighted by atomic mass is 35.5. The van der Waals surface area contributed by atoms with E-state index in [1.165, 1.54) is 18.2 Å². The molecule has 2 aromatic carbocycles. The first-order chi connectivity index (χ1) is 12.3. The standard InChI is InChI=1S/C17H9Cl3N4O2/c18-11-3-1-10(2-4-11)17(20,9-21)13-6-5-12(7-14(13)19)24-16(26)23-15(25)8-22-24/h1-8H,(H,23,25,26). The molecule has 0 aliphatic carbocycles. The second-order valence-electron chi connectivity index (χ2n) is 5.29. The fraction of sp³-hybridized carbons (Fsp3) is 0.0588. The lowest BCUT2D eigenvalue weighted by Gasteiger charge is -2.22. The summed E-state index contributed by atoms with van der Waals surface area (Å²) in [7, 11) is 0. The van der Waals surface area contributed by atoms with Crippen LogP contribution in [-0.4, -0.2) is 14.8 Å². The van der Waals surface area contributed by atoms with Gasteiger partial charge in [-0.05, 0) is 29.8 Å². The van der Waals surface area contributed by atoms with Crippen molar-refractivity contribution in [2.45, 2.75) is 4.87 Å². The van der Waals surface area contributed by atoms with Crippen LogP contribution in [0, 0.1) is 11.3 Å². The summed E-state index contributed by atoms with van der Waals surface area (Å²) in [5, 5.41) is 14.1. The van der Waals surface area contributed by atoms with Crippen molar-refractivity contribution in [3.8, 4) is 11.8 Å². The minimum atomic E-state index is -1.54. The molecule has 0 aliphatic heterocycles. The van der Waals surface area contributed by atoms with Gasteiger partial charge in [0.1, 0.15) is 6.20 Å². The number of aromatic nitrogens is 3. The number of hydrogen-bond acceptors (Lipinski definition) is 4. The number of nitriles is 1. The third kappa shape index (κ3) is 3.25. The second kappa shape index (κ2) is 6.96. The Hall–Kier alpha value is -2.59. The molecule has 1 N–H and O–H groups in total. The van der Waals surface area contributed by atoms with E-state index in [1.54, 1.807) is 24.3 Å². The first kappa shape index (κ1) is 18.2. The Morgan fingerprint density at radius 3 is 2.38 bits per heavy atom. The molecule has 130 valence electrons. The Kier molecular flexibility index (Phi) is 4.88. The zero-order valence-corrected chi connectivity index (χ0v) is 15.2. The van der Waals surface area contributed by atoms with E-state index in [-0.39, 0.29) is 5.02 Å².